The first-order valence-electron chi connectivity index (χ1n) is 8.27. The van der Waals surface area contributed by atoms with E-state index in [-0.39, 0.29) is 0 Å². The SMILES string of the molecule is CCCCCCCCCCCc1n[nH]c(CCC)n1. The summed E-state index contributed by atoms with van der Waals surface area (Å²) in [5, 5.41) is 7.29. The Morgan fingerprint density at radius 3 is 2.00 bits per heavy atom. The number of unbranched alkanes of at least 4 members (excludes halogenated alkanes) is 8. The highest BCUT2D eigenvalue weighted by Gasteiger charge is 2.01. The summed E-state index contributed by atoms with van der Waals surface area (Å²) >= 11 is 0. The molecule has 1 heterocycles. The van der Waals surface area contributed by atoms with Gasteiger partial charge >= 0.3 is 0 Å². The van der Waals surface area contributed by atoms with E-state index in [0.717, 1.165) is 30.9 Å². The zero-order valence-corrected chi connectivity index (χ0v) is 12.9. The van der Waals surface area contributed by atoms with Crippen molar-refractivity contribution in [2.45, 2.75) is 90.9 Å². The Morgan fingerprint density at radius 2 is 1.37 bits per heavy atom. The summed E-state index contributed by atoms with van der Waals surface area (Å²) in [6, 6.07) is 0. The van der Waals surface area contributed by atoms with Crippen LogP contribution in [-0.2, 0) is 12.8 Å². The second-order valence-corrected chi connectivity index (χ2v) is 5.53. The first-order valence-corrected chi connectivity index (χ1v) is 8.27. The van der Waals surface area contributed by atoms with Crippen LogP contribution in [-0.4, -0.2) is 15.2 Å². The largest absolute Gasteiger partial charge is 0.263 e. The van der Waals surface area contributed by atoms with Crippen molar-refractivity contribution in [3.05, 3.63) is 11.6 Å². The lowest BCUT2D eigenvalue weighted by molar-refractivity contribution is 0.562. The zero-order chi connectivity index (χ0) is 13.8. The summed E-state index contributed by atoms with van der Waals surface area (Å²) in [4.78, 5) is 4.50. The van der Waals surface area contributed by atoms with Crippen molar-refractivity contribution in [1.29, 1.82) is 0 Å². The van der Waals surface area contributed by atoms with Crippen molar-refractivity contribution in [3.8, 4) is 0 Å². The van der Waals surface area contributed by atoms with Gasteiger partial charge in [0.25, 0.3) is 0 Å². The number of aromatic amines is 1. The molecule has 0 amide bonds. The fraction of sp³-hybridized carbons (Fsp3) is 0.875. The summed E-state index contributed by atoms with van der Waals surface area (Å²) in [5.74, 6) is 2.06. The van der Waals surface area contributed by atoms with Crippen LogP contribution in [0.4, 0.5) is 0 Å². The number of aromatic nitrogens is 3. The van der Waals surface area contributed by atoms with E-state index in [1.807, 2.05) is 0 Å². The molecule has 0 spiro atoms. The summed E-state index contributed by atoms with van der Waals surface area (Å²) < 4.78 is 0. The second kappa shape index (κ2) is 11.0. The molecule has 3 nitrogen and oxygen atoms in total. The lowest BCUT2D eigenvalue weighted by Gasteiger charge is -2.00. The van der Waals surface area contributed by atoms with Gasteiger partial charge in [0.15, 0.2) is 5.82 Å². The summed E-state index contributed by atoms with van der Waals surface area (Å²) in [7, 11) is 0. The Kier molecular flexibility index (Phi) is 9.38. The van der Waals surface area contributed by atoms with E-state index in [4.69, 9.17) is 0 Å². The van der Waals surface area contributed by atoms with Crippen LogP contribution in [0.15, 0.2) is 0 Å². The third-order valence-electron chi connectivity index (χ3n) is 3.57. The number of hydrogen-bond donors (Lipinski definition) is 1. The highest BCUT2D eigenvalue weighted by molar-refractivity contribution is 4.90. The summed E-state index contributed by atoms with van der Waals surface area (Å²) in [6.45, 7) is 4.44. The molecule has 0 aromatic carbocycles. The average Bonchev–Trinajstić information content (AvgIpc) is 2.85. The predicted octanol–water partition coefficient (Wildman–Crippen LogP) is 4.83. The fourth-order valence-electron chi connectivity index (χ4n) is 2.39. The van der Waals surface area contributed by atoms with E-state index >= 15 is 0 Å². The van der Waals surface area contributed by atoms with Gasteiger partial charge in [-0.05, 0) is 12.8 Å². The van der Waals surface area contributed by atoms with Crippen molar-refractivity contribution >= 4 is 0 Å². The molecule has 19 heavy (non-hydrogen) atoms. The van der Waals surface area contributed by atoms with E-state index in [1.54, 1.807) is 0 Å². The van der Waals surface area contributed by atoms with Crippen LogP contribution in [0.3, 0.4) is 0 Å². The van der Waals surface area contributed by atoms with Crippen LogP contribution in [0.2, 0.25) is 0 Å². The third-order valence-corrected chi connectivity index (χ3v) is 3.57. The number of nitrogens with zero attached hydrogens (tertiary/aromatic N) is 2. The minimum absolute atomic E-state index is 1.01. The molecule has 3 heteroatoms. The second-order valence-electron chi connectivity index (χ2n) is 5.53. The van der Waals surface area contributed by atoms with Crippen molar-refractivity contribution < 1.29 is 0 Å². The molecule has 0 unspecified atom stereocenters. The molecule has 0 atom stereocenters. The molecule has 1 aromatic rings. The molecule has 0 aliphatic carbocycles. The van der Waals surface area contributed by atoms with Crippen LogP contribution < -0.4 is 0 Å². The topological polar surface area (TPSA) is 41.6 Å². The normalized spacial score (nSPS) is 11.1. The van der Waals surface area contributed by atoms with Gasteiger partial charge in [-0.15, -0.1) is 0 Å². The molecule has 110 valence electrons. The Labute approximate surface area is 118 Å². The van der Waals surface area contributed by atoms with Gasteiger partial charge in [0, 0.05) is 12.8 Å². The molecule has 0 radical (unpaired) electrons. The molecule has 1 N–H and O–H groups in total. The predicted molar refractivity (Wildman–Crippen MR) is 81.3 cm³/mol. The van der Waals surface area contributed by atoms with Gasteiger partial charge in [-0.3, -0.25) is 5.10 Å². The molecule has 0 bridgehead atoms. The van der Waals surface area contributed by atoms with Gasteiger partial charge in [0.2, 0.25) is 0 Å². The third kappa shape index (κ3) is 8.02. The van der Waals surface area contributed by atoms with Crippen LogP contribution >= 0.6 is 0 Å². The lowest BCUT2D eigenvalue weighted by Crippen LogP contribution is -1.90. The standard InChI is InChI=1S/C16H31N3/c1-3-5-6-7-8-9-10-11-12-14-16-17-15(13-4-2)18-19-16/h3-14H2,1-2H3,(H,17,18,19). The van der Waals surface area contributed by atoms with Gasteiger partial charge in [0.1, 0.15) is 5.82 Å². The van der Waals surface area contributed by atoms with Crippen molar-refractivity contribution in [3.63, 3.8) is 0 Å². The summed E-state index contributed by atoms with van der Waals surface area (Å²) in [6.07, 6.45) is 15.5. The Balaban J connectivity index is 1.92. The Bertz CT molecular complexity index is 307. The first kappa shape index (κ1) is 16.2. The highest BCUT2D eigenvalue weighted by atomic mass is 15.2. The van der Waals surface area contributed by atoms with Crippen LogP contribution in [0.5, 0.6) is 0 Å². The quantitative estimate of drug-likeness (QED) is 0.550. The number of rotatable bonds is 12. The number of H-pyrrole nitrogens is 1. The molecule has 0 fully saturated rings. The van der Waals surface area contributed by atoms with Crippen molar-refractivity contribution in [2.24, 2.45) is 0 Å². The number of hydrogen-bond acceptors (Lipinski definition) is 2. The molecule has 1 rings (SSSR count). The van der Waals surface area contributed by atoms with Gasteiger partial charge in [0.05, 0.1) is 0 Å². The monoisotopic (exact) mass is 265 g/mol. The number of nitrogens with one attached hydrogen (secondary N) is 1. The van der Waals surface area contributed by atoms with Gasteiger partial charge in [-0.2, -0.15) is 5.10 Å². The molecular formula is C16H31N3. The molecule has 1 aromatic heterocycles. The minimum atomic E-state index is 1.01. The maximum atomic E-state index is 4.50. The lowest BCUT2D eigenvalue weighted by atomic mass is 10.1. The molecular weight excluding hydrogens is 234 g/mol. The van der Waals surface area contributed by atoms with Crippen LogP contribution in [0.1, 0.15) is 89.7 Å². The zero-order valence-electron chi connectivity index (χ0n) is 12.9. The van der Waals surface area contributed by atoms with Gasteiger partial charge < -0.3 is 0 Å². The molecule has 0 saturated heterocycles. The Morgan fingerprint density at radius 1 is 0.737 bits per heavy atom. The molecule has 0 aliphatic heterocycles. The van der Waals surface area contributed by atoms with Crippen LogP contribution in [0, 0.1) is 0 Å². The Hall–Kier alpha value is -0.860. The van der Waals surface area contributed by atoms with Crippen molar-refractivity contribution in [1.82, 2.24) is 15.2 Å². The fourth-order valence-corrected chi connectivity index (χ4v) is 2.39. The number of aryl methyl sites for hydroxylation is 2. The summed E-state index contributed by atoms with van der Waals surface area (Å²) in [5.41, 5.74) is 0. The van der Waals surface area contributed by atoms with Gasteiger partial charge in [-0.1, -0.05) is 65.2 Å². The first-order chi connectivity index (χ1) is 9.36. The smallest absolute Gasteiger partial charge is 0.150 e. The maximum Gasteiger partial charge on any atom is 0.150 e. The van der Waals surface area contributed by atoms with E-state index in [2.05, 4.69) is 29.0 Å². The van der Waals surface area contributed by atoms with E-state index in [9.17, 15) is 0 Å². The molecule has 0 aliphatic rings. The minimum Gasteiger partial charge on any atom is -0.263 e. The van der Waals surface area contributed by atoms with Gasteiger partial charge in [-0.25, -0.2) is 4.98 Å². The van der Waals surface area contributed by atoms with Crippen LogP contribution in [0.25, 0.3) is 0 Å². The van der Waals surface area contributed by atoms with E-state index in [1.165, 1.54) is 57.8 Å². The van der Waals surface area contributed by atoms with E-state index < -0.39 is 0 Å². The average molecular weight is 265 g/mol. The molecule has 0 saturated carbocycles. The maximum absolute atomic E-state index is 4.50. The van der Waals surface area contributed by atoms with E-state index in [0.29, 0.717) is 0 Å². The van der Waals surface area contributed by atoms with Crippen molar-refractivity contribution in [2.75, 3.05) is 0 Å². The highest BCUT2D eigenvalue weighted by Crippen LogP contribution is 2.10.